The minimum absolute atomic E-state index is 0.203. The van der Waals surface area contributed by atoms with Crippen LogP contribution in [0.3, 0.4) is 0 Å². The summed E-state index contributed by atoms with van der Waals surface area (Å²) in [5, 5.41) is 9.16. The third-order valence-electron chi connectivity index (χ3n) is 5.08. The van der Waals surface area contributed by atoms with E-state index in [-0.39, 0.29) is 19.1 Å². The highest BCUT2D eigenvalue weighted by molar-refractivity contribution is 6.35. The van der Waals surface area contributed by atoms with E-state index < -0.39 is 11.8 Å². The summed E-state index contributed by atoms with van der Waals surface area (Å²) in [7, 11) is 1.47. The smallest absolute Gasteiger partial charge is 0.329 e. The van der Waals surface area contributed by atoms with E-state index >= 15 is 0 Å². The van der Waals surface area contributed by atoms with E-state index in [4.69, 9.17) is 9.47 Å². The van der Waals surface area contributed by atoms with E-state index in [1.807, 2.05) is 62.4 Å². The normalized spacial score (nSPS) is 10.5. The van der Waals surface area contributed by atoms with Gasteiger partial charge in [0.1, 0.15) is 0 Å². The number of nitrogens with zero attached hydrogens (tertiary/aromatic N) is 1. The van der Waals surface area contributed by atoms with Crippen molar-refractivity contribution >= 4 is 29.6 Å². The standard InChI is InChI=1S/C27H28N4O5/c1-18-9-11-22(19(2)13-18)30-25(32)17-36-23-12-10-21(14-24(23)35-3)16-29-31-27(34)26(33)28-15-20-7-5-4-6-8-20/h4-14,16H,15,17H2,1-3H3,(H,28,33)(H,30,32)(H,31,34)/b29-16-. The van der Waals surface area contributed by atoms with E-state index in [0.29, 0.717) is 17.1 Å². The SMILES string of the molecule is COc1cc(/C=N\NC(=O)C(=O)NCc2ccccc2)ccc1OCC(=O)Nc1ccc(C)cc1C. The van der Waals surface area contributed by atoms with Crippen molar-refractivity contribution in [3.63, 3.8) is 0 Å². The Hall–Kier alpha value is -4.66. The van der Waals surface area contributed by atoms with Crippen LogP contribution in [0.5, 0.6) is 11.5 Å². The highest BCUT2D eigenvalue weighted by Gasteiger charge is 2.12. The zero-order valence-electron chi connectivity index (χ0n) is 20.3. The van der Waals surface area contributed by atoms with Gasteiger partial charge in [-0.2, -0.15) is 5.10 Å². The number of hydrogen-bond donors (Lipinski definition) is 3. The van der Waals surface area contributed by atoms with Crippen LogP contribution >= 0.6 is 0 Å². The zero-order valence-corrected chi connectivity index (χ0v) is 20.3. The van der Waals surface area contributed by atoms with Gasteiger partial charge in [0.05, 0.1) is 13.3 Å². The lowest BCUT2D eigenvalue weighted by atomic mass is 10.1. The minimum Gasteiger partial charge on any atom is -0.493 e. The second-order valence-corrected chi connectivity index (χ2v) is 7.93. The Kier molecular flexibility index (Phi) is 9.16. The molecular formula is C27H28N4O5. The number of hydrazone groups is 1. The summed E-state index contributed by atoms with van der Waals surface area (Å²) in [6.07, 6.45) is 1.36. The molecule has 0 bridgehead atoms. The van der Waals surface area contributed by atoms with Gasteiger partial charge in [-0.1, -0.05) is 48.0 Å². The first-order valence-corrected chi connectivity index (χ1v) is 11.2. The van der Waals surface area contributed by atoms with Gasteiger partial charge < -0.3 is 20.1 Å². The van der Waals surface area contributed by atoms with Crippen LogP contribution in [0.2, 0.25) is 0 Å². The Balaban J connectivity index is 1.50. The highest BCUT2D eigenvalue weighted by Crippen LogP contribution is 2.27. The highest BCUT2D eigenvalue weighted by atomic mass is 16.5. The molecule has 0 aliphatic rings. The Labute approximate surface area is 209 Å². The van der Waals surface area contributed by atoms with E-state index in [2.05, 4.69) is 21.2 Å². The lowest BCUT2D eigenvalue weighted by Crippen LogP contribution is -2.37. The molecule has 36 heavy (non-hydrogen) atoms. The van der Waals surface area contributed by atoms with Gasteiger partial charge in [-0.3, -0.25) is 14.4 Å². The number of hydrogen-bond acceptors (Lipinski definition) is 6. The van der Waals surface area contributed by atoms with E-state index in [0.717, 1.165) is 22.4 Å². The first kappa shape index (κ1) is 26.0. The van der Waals surface area contributed by atoms with Gasteiger partial charge in [-0.05, 0) is 54.8 Å². The van der Waals surface area contributed by atoms with Gasteiger partial charge >= 0.3 is 11.8 Å². The van der Waals surface area contributed by atoms with Crippen molar-refractivity contribution in [1.82, 2.24) is 10.7 Å². The monoisotopic (exact) mass is 488 g/mol. The molecule has 0 spiro atoms. The second-order valence-electron chi connectivity index (χ2n) is 7.93. The van der Waals surface area contributed by atoms with Gasteiger partial charge in [0.15, 0.2) is 18.1 Å². The average molecular weight is 489 g/mol. The molecule has 0 unspecified atom stereocenters. The third-order valence-corrected chi connectivity index (χ3v) is 5.08. The number of amides is 3. The molecule has 3 aromatic rings. The summed E-state index contributed by atoms with van der Waals surface area (Å²) >= 11 is 0. The van der Waals surface area contributed by atoms with E-state index in [1.54, 1.807) is 18.2 Å². The number of carbonyl (C=O) groups is 3. The molecule has 0 aliphatic carbocycles. The lowest BCUT2D eigenvalue weighted by Gasteiger charge is -2.12. The topological polar surface area (TPSA) is 118 Å². The summed E-state index contributed by atoms with van der Waals surface area (Å²) in [5.41, 5.74) is 6.45. The van der Waals surface area contributed by atoms with Crippen LogP contribution in [0, 0.1) is 13.8 Å². The molecule has 9 nitrogen and oxygen atoms in total. The molecule has 3 rings (SSSR count). The van der Waals surface area contributed by atoms with Crippen molar-refractivity contribution < 1.29 is 23.9 Å². The fourth-order valence-electron chi connectivity index (χ4n) is 3.24. The van der Waals surface area contributed by atoms with Crippen LogP contribution < -0.4 is 25.5 Å². The molecule has 0 aliphatic heterocycles. The van der Waals surface area contributed by atoms with Crippen LogP contribution in [-0.2, 0) is 20.9 Å². The predicted octanol–water partition coefficient (Wildman–Crippen LogP) is 3.10. The Bertz CT molecular complexity index is 1260. The van der Waals surface area contributed by atoms with Crippen LogP contribution in [0.15, 0.2) is 71.8 Å². The summed E-state index contributed by atoms with van der Waals surface area (Å²) in [6.45, 7) is 3.94. The lowest BCUT2D eigenvalue weighted by molar-refractivity contribution is -0.139. The maximum absolute atomic E-state index is 12.3. The summed E-state index contributed by atoms with van der Waals surface area (Å²) in [5.74, 6) is -1.23. The largest absolute Gasteiger partial charge is 0.493 e. The van der Waals surface area contributed by atoms with E-state index in [9.17, 15) is 14.4 Å². The number of ether oxygens (including phenoxy) is 2. The van der Waals surface area contributed by atoms with Crippen molar-refractivity contribution in [2.75, 3.05) is 19.0 Å². The average Bonchev–Trinajstić information content (AvgIpc) is 2.88. The quantitative estimate of drug-likeness (QED) is 0.243. The summed E-state index contributed by atoms with van der Waals surface area (Å²) in [6, 6.07) is 19.9. The molecular weight excluding hydrogens is 460 g/mol. The first-order chi connectivity index (χ1) is 17.4. The molecule has 0 aromatic heterocycles. The Morgan fingerprint density at radius 3 is 2.42 bits per heavy atom. The van der Waals surface area contributed by atoms with Gasteiger partial charge in [0, 0.05) is 12.2 Å². The van der Waals surface area contributed by atoms with Crippen molar-refractivity contribution in [3.8, 4) is 11.5 Å². The zero-order chi connectivity index (χ0) is 25.9. The number of carbonyl (C=O) groups excluding carboxylic acids is 3. The molecule has 3 aromatic carbocycles. The van der Waals surface area contributed by atoms with Crippen LogP contribution in [0.1, 0.15) is 22.3 Å². The first-order valence-electron chi connectivity index (χ1n) is 11.2. The summed E-state index contributed by atoms with van der Waals surface area (Å²) in [4.78, 5) is 36.1. The van der Waals surface area contributed by atoms with Crippen LogP contribution in [0.25, 0.3) is 0 Å². The molecule has 3 amide bonds. The third kappa shape index (κ3) is 7.69. The fourth-order valence-corrected chi connectivity index (χ4v) is 3.24. The number of anilines is 1. The number of benzene rings is 3. The Morgan fingerprint density at radius 2 is 1.69 bits per heavy atom. The molecule has 0 radical (unpaired) electrons. The minimum atomic E-state index is -0.885. The van der Waals surface area contributed by atoms with Crippen molar-refractivity contribution in [2.45, 2.75) is 20.4 Å². The van der Waals surface area contributed by atoms with Crippen LogP contribution in [0.4, 0.5) is 5.69 Å². The summed E-state index contributed by atoms with van der Waals surface area (Å²) < 4.78 is 11.0. The maximum Gasteiger partial charge on any atom is 0.329 e. The van der Waals surface area contributed by atoms with Gasteiger partial charge in [-0.25, -0.2) is 5.43 Å². The molecule has 0 fully saturated rings. The molecule has 0 heterocycles. The molecule has 3 N–H and O–H groups in total. The van der Waals surface area contributed by atoms with Gasteiger partial charge in [0.2, 0.25) is 0 Å². The van der Waals surface area contributed by atoms with E-state index in [1.165, 1.54) is 13.3 Å². The van der Waals surface area contributed by atoms with Crippen molar-refractivity contribution in [3.05, 3.63) is 89.0 Å². The fraction of sp³-hybridized carbons (Fsp3) is 0.185. The molecule has 0 atom stereocenters. The Morgan fingerprint density at radius 1 is 0.917 bits per heavy atom. The molecule has 0 saturated heterocycles. The van der Waals surface area contributed by atoms with Gasteiger partial charge in [0.25, 0.3) is 5.91 Å². The van der Waals surface area contributed by atoms with Gasteiger partial charge in [-0.15, -0.1) is 0 Å². The second kappa shape index (κ2) is 12.7. The molecule has 0 saturated carbocycles. The van der Waals surface area contributed by atoms with Crippen molar-refractivity contribution in [1.29, 1.82) is 0 Å². The maximum atomic E-state index is 12.3. The predicted molar refractivity (Wildman–Crippen MR) is 137 cm³/mol. The van der Waals surface area contributed by atoms with Crippen molar-refractivity contribution in [2.24, 2.45) is 5.10 Å². The number of nitrogens with one attached hydrogen (secondary N) is 3. The number of methoxy groups -OCH3 is 1. The van der Waals surface area contributed by atoms with Crippen LogP contribution in [-0.4, -0.2) is 37.7 Å². The number of aryl methyl sites for hydroxylation is 2. The molecule has 9 heteroatoms. The molecule has 186 valence electrons. The number of rotatable bonds is 9.